The van der Waals surface area contributed by atoms with Crippen molar-refractivity contribution in [2.24, 2.45) is 0 Å². The quantitative estimate of drug-likeness (QED) is 0.847. The van der Waals surface area contributed by atoms with E-state index in [0.717, 1.165) is 5.56 Å². The molecule has 1 aliphatic heterocycles. The van der Waals surface area contributed by atoms with Gasteiger partial charge in [-0.15, -0.1) is 0 Å². The third-order valence-electron chi connectivity index (χ3n) is 4.23. The molecule has 7 nitrogen and oxygen atoms in total. The number of benzene rings is 1. The Labute approximate surface area is 147 Å². The number of rotatable bonds is 6. The summed E-state index contributed by atoms with van der Waals surface area (Å²) in [7, 11) is -3.51. The van der Waals surface area contributed by atoms with Crippen LogP contribution in [0.1, 0.15) is 24.2 Å². The van der Waals surface area contributed by atoms with E-state index in [4.69, 9.17) is 4.52 Å². The zero-order valence-electron chi connectivity index (χ0n) is 14.0. The van der Waals surface area contributed by atoms with E-state index in [1.54, 1.807) is 13.0 Å². The minimum atomic E-state index is -3.51. The summed E-state index contributed by atoms with van der Waals surface area (Å²) >= 11 is 0. The molecular weight excluding hydrogens is 342 g/mol. The van der Waals surface area contributed by atoms with Gasteiger partial charge in [-0.2, -0.15) is 4.31 Å². The van der Waals surface area contributed by atoms with Gasteiger partial charge in [0.1, 0.15) is 11.8 Å². The minimum Gasteiger partial charge on any atom is -0.360 e. The molecule has 2 aromatic rings. The summed E-state index contributed by atoms with van der Waals surface area (Å²) in [5, 5.41) is 6.35. The molecule has 0 spiro atoms. The zero-order valence-corrected chi connectivity index (χ0v) is 14.8. The third kappa shape index (κ3) is 4.26. The van der Waals surface area contributed by atoms with Gasteiger partial charge < -0.3 is 9.84 Å². The number of hydrogen-bond donors (Lipinski definition) is 1. The van der Waals surface area contributed by atoms with Crippen molar-refractivity contribution in [3.63, 3.8) is 0 Å². The van der Waals surface area contributed by atoms with Gasteiger partial charge in [-0.05, 0) is 31.7 Å². The number of sulfonamides is 1. The van der Waals surface area contributed by atoms with Crippen LogP contribution in [0.15, 0.2) is 40.9 Å². The Morgan fingerprint density at radius 3 is 2.80 bits per heavy atom. The molecule has 25 heavy (non-hydrogen) atoms. The Kier molecular flexibility index (Phi) is 5.19. The molecule has 1 aromatic heterocycles. The molecule has 0 aliphatic carbocycles. The van der Waals surface area contributed by atoms with E-state index in [9.17, 15) is 13.2 Å². The Morgan fingerprint density at radius 2 is 2.12 bits per heavy atom. The third-order valence-corrected chi connectivity index (χ3v) is 6.11. The van der Waals surface area contributed by atoms with Crippen molar-refractivity contribution < 1.29 is 17.7 Å². The van der Waals surface area contributed by atoms with E-state index in [1.165, 1.54) is 4.31 Å². The van der Waals surface area contributed by atoms with E-state index < -0.39 is 16.1 Å². The Morgan fingerprint density at radius 1 is 1.36 bits per heavy atom. The van der Waals surface area contributed by atoms with Crippen molar-refractivity contribution in [2.75, 3.05) is 17.6 Å². The highest BCUT2D eigenvalue weighted by molar-refractivity contribution is 7.89. The fourth-order valence-corrected chi connectivity index (χ4v) is 4.70. The number of amides is 1. The number of aromatic nitrogens is 1. The van der Waals surface area contributed by atoms with Crippen LogP contribution in [0, 0.1) is 6.92 Å². The van der Waals surface area contributed by atoms with Crippen LogP contribution in [0.2, 0.25) is 0 Å². The lowest BCUT2D eigenvalue weighted by atomic mass is 10.2. The van der Waals surface area contributed by atoms with Crippen molar-refractivity contribution >= 4 is 21.7 Å². The number of carbonyl (C=O) groups excluding carboxylic acids is 1. The smallest absolute Gasteiger partial charge is 0.244 e. The molecule has 1 N–H and O–H groups in total. The highest BCUT2D eigenvalue weighted by Crippen LogP contribution is 2.23. The van der Waals surface area contributed by atoms with Crippen molar-refractivity contribution in [2.45, 2.75) is 32.2 Å². The molecule has 8 heteroatoms. The molecule has 1 fully saturated rings. The van der Waals surface area contributed by atoms with Crippen molar-refractivity contribution in [1.29, 1.82) is 0 Å². The average Bonchev–Trinajstić information content (AvgIpc) is 3.23. The second-order valence-electron chi connectivity index (χ2n) is 6.13. The second kappa shape index (κ2) is 7.37. The fourth-order valence-electron chi connectivity index (χ4n) is 2.98. The molecule has 1 aliphatic rings. The lowest BCUT2D eigenvalue weighted by Crippen LogP contribution is -2.44. The van der Waals surface area contributed by atoms with Crippen LogP contribution in [-0.2, 0) is 21.2 Å². The molecule has 1 atom stereocenters. The summed E-state index contributed by atoms with van der Waals surface area (Å²) in [5.41, 5.74) is 0.962. The minimum absolute atomic E-state index is 0.0101. The number of carbonyl (C=O) groups is 1. The van der Waals surface area contributed by atoms with Crippen LogP contribution in [0.4, 0.5) is 5.82 Å². The van der Waals surface area contributed by atoms with Crippen LogP contribution in [0.5, 0.6) is 0 Å². The highest BCUT2D eigenvalue weighted by atomic mass is 32.2. The lowest BCUT2D eigenvalue weighted by Gasteiger charge is -2.23. The zero-order chi connectivity index (χ0) is 17.9. The van der Waals surface area contributed by atoms with Gasteiger partial charge in [-0.25, -0.2) is 8.42 Å². The SMILES string of the molecule is Cc1cc(NC(=O)C2CCCN2S(=O)(=O)CCc2ccccc2)no1. The highest BCUT2D eigenvalue weighted by Gasteiger charge is 2.38. The Balaban J connectivity index is 1.66. The Hall–Kier alpha value is -2.19. The maximum Gasteiger partial charge on any atom is 0.244 e. The molecule has 1 aromatic carbocycles. The van der Waals surface area contributed by atoms with Gasteiger partial charge in [0.05, 0.1) is 5.75 Å². The number of aryl methyl sites for hydroxylation is 2. The summed E-state index contributed by atoms with van der Waals surface area (Å²) in [6.07, 6.45) is 1.60. The monoisotopic (exact) mass is 363 g/mol. The van der Waals surface area contributed by atoms with Gasteiger partial charge in [0.15, 0.2) is 5.82 Å². The van der Waals surface area contributed by atoms with Crippen molar-refractivity contribution in [3.8, 4) is 0 Å². The molecule has 134 valence electrons. The number of nitrogens with zero attached hydrogens (tertiary/aromatic N) is 2. The topological polar surface area (TPSA) is 92.5 Å². The van der Waals surface area contributed by atoms with E-state index in [0.29, 0.717) is 37.4 Å². The van der Waals surface area contributed by atoms with Gasteiger partial charge in [0, 0.05) is 12.6 Å². The first-order chi connectivity index (χ1) is 12.0. The molecule has 3 rings (SSSR count). The first-order valence-electron chi connectivity index (χ1n) is 8.23. The van der Waals surface area contributed by atoms with Crippen LogP contribution in [-0.4, -0.2) is 42.1 Å². The summed E-state index contributed by atoms with van der Waals surface area (Å²) in [6.45, 7) is 2.09. The fraction of sp³-hybridized carbons (Fsp3) is 0.412. The molecule has 2 heterocycles. The summed E-state index contributed by atoms with van der Waals surface area (Å²) < 4.78 is 31.6. The van der Waals surface area contributed by atoms with Crippen LogP contribution >= 0.6 is 0 Å². The molecular formula is C17H21N3O4S. The average molecular weight is 363 g/mol. The predicted molar refractivity (Wildman–Crippen MR) is 93.5 cm³/mol. The van der Waals surface area contributed by atoms with Crippen LogP contribution < -0.4 is 5.32 Å². The molecule has 1 unspecified atom stereocenters. The number of anilines is 1. The number of hydrogen-bond acceptors (Lipinski definition) is 5. The standard InChI is InChI=1S/C17H21N3O4S/c1-13-12-16(19-24-13)18-17(21)15-8-5-10-20(15)25(22,23)11-9-14-6-3-2-4-7-14/h2-4,6-7,12,15H,5,8-11H2,1H3,(H,18,19,21). The van der Waals surface area contributed by atoms with E-state index in [2.05, 4.69) is 10.5 Å². The number of nitrogens with one attached hydrogen (secondary N) is 1. The Bertz CT molecular complexity index is 833. The second-order valence-corrected chi connectivity index (χ2v) is 8.17. The molecule has 0 radical (unpaired) electrons. The molecule has 1 saturated heterocycles. The molecule has 1 amide bonds. The maximum absolute atomic E-state index is 12.7. The van der Waals surface area contributed by atoms with Crippen LogP contribution in [0.25, 0.3) is 0 Å². The van der Waals surface area contributed by atoms with Gasteiger partial charge in [-0.1, -0.05) is 35.5 Å². The van der Waals surface area contributed by atoms with Gasteiger partial charge in [-0.3, -0.25) is 4.79 Å². The largest absolute Gasteiger partial charge is 0.360 e. The summed E-state index contributed by atoms with van der Waals surface area (Å²) in [4.78, 5) is 12.5. The van der Waals surface area contributed by atoms with Gasteiger partial charge >= 0.3 is 0 Å². The van der Waals surface area contributed by atoms with Crippen LogP contribution in [0.3, 0.4) is 0 Å². The first kappa shape index (κ1) is 17.6. The van der Waals surface area contributed by atoms with Gasteiger partial charge in [0.2, 0.25) is 15.9 Å². The van der Waals surface area contributed by atoms with E-state index in [1.807, 2.05) is 30.3 Å². The maximum atomic E-state index is 12.7. The van der Waals surface area contributed by atoms with Crippen molar-refractivity contribution in [3.05, 3.63) is 47.7 Å². The van der Waals surface area contributed by atoms with E-state index >= 15 is 0 Å². The van der Waals surface area contributed by atoms with Crippen molar-refractivity contribution in [1.82, 2.24) is 9.46 Å². The van der Waals surface area contributed by atoms with Gasteiger partial charge in [0.25, 0.3) is 0 Å². The summed E-state index contributed by atoms with van der Waals surface area (Å²) in [6, 6.07) is 10.4. The normalized spacial score (nSPS) is 18.4. The molecule has 0 saturated carbocycles. The summed E-state index contributed by atoms with van der Waals surface area (Å²) in [5.74, 6) is 0.503. The van der Waals surface area contributed by atoms with E-state index in [-0.39, 0.29) is 11.7 Å². The first-order valence-corrected chi connectivity index (χ1v) is 9.84. The molecule has 0 bridgehead atoms. The lowest BCUT2D eigenvalue weighted by molar-refractivity contribution is -0.119. The predicted octanol–water partition coefficient (Wildman–Crippen LogP) is 1.96.